The predicted octanol–water partition coefficient (Wildman–Crippen LogP) is 4.35. The van der Waals surface area contributed by atoms with E-state index in [0.717, 1.165) is 25.1 Å². The van der Waals surface area contributed by atoms with E-state index in [1.54, 1.807) is 7.11 Å². The summed E-state index contributed by atoms with van der Waals surface area (Å²) in [5.74, 6) is 0.915. The van der Waals surface area contributed by atoms with Crippen LogP contribution in [0.15, 0.2) is 35.7 Å². The Morgan fingerprint density at radius 3 is 2.55 bits per heavy atom. The van der Waals surface area contributed by atoms with Gasteiger partial charge in [-0.05, 0) is 61.0 Å². The van der Waals surface area contributed by atoms with Crippen LogP contribution in [-0.2, 0) is 6.42 Å². The molecule has 20 heavy (non-hydrogen) atoms. The molecule has 108 valence electrons. The van der Waals surface area contributed by atoms with Gasteiger partial charge in [0, 0.05) is 10.9 Å². The third-order valence-corrected chi connectivity index (χ3v) is 4.27. The fourth-order valence-corrected chi connectivity index (χ4v) is 3.03. The van der Waals surface area contributed by atoms with Gasteiger partial charge in [0.15, 0.2) is 0 Å². The second kappa shape index (κ2) is 7.46. The van der Waals surface area contributed by atoms with Crippen molar-refractivity contribution in [3.05, 3.63) is 51.7 Å². The summed E-state index contributed by atoms with van der Waals surface area (Å²) in [5, 5.41) is 5.92. The molecule has 1 atom stereocenters. The van der Waals surface area contributed by atoms with Gasteiger partial charge in [-0.3, -0.25) is 0 Å². The van der Waals surface area contributed by atoms with Crippen LogP contribution in [0.4, 0.5) is 0 Å². The van der Waals surface area contributed by atoms with E-state index in [1.807, 2.05) is 23.5 Å². The zero-order chi connectivity index (χ0) is 14.4. The minimum Gasteiger partial charge on any atom is -0.497 e. The standard InChI is InChI=1S/C17H23NOS/c1-4-9-18-17(15-10-13(2)20-12-15)11-14-5-7-16(19-3)8-6-14/h5-8,10,12,17-18H,4,9,11H2,1-3H3. The molecule has 1 aromatic carbocycles. The van der Waals surface area contributed by atoms with Crippen LogP contribution in [-0.4, -0.2) is 13.7 Å². The Morgan fingerprint density at radius 1 is 1.25 bits per heavy atom. The maximum atomic E-state index is 5.21. The second-order valence-corrected chi connectivity index (χ2v) is 6.16. The summed E-state index contributed by atoms with van der Waals surface area (Å²) in [6.45, 7) is 5.42. The first kappa shape index (κ1) is 15.1. The highest BCUT2D eigenvalue weighted by Crippen LogP contribution is 2.24. The van der Waals surface area contributed by atoms with Gasteiger partial charge >= 0.3 is 0 Å². The van der Waals surface area contributed by atoms with Crippen LogP contribution in [0.2, 0.25) is 0 Å². The van der Waals surface area contributed by atoms with Gasteiger partial charge in [0.05, 0.1) is 7.11 Å². The maximum absolute atomic E-state index is 5.21. The van der Waals surface area contributed by atoms with Gasteiger partial charge in [0.1, 0.15) is 5.75 Å². The molecule has 2 aromatic rings. The molecule has 0 saturated heterocycles. The third kappa shape index (κ3) is 4.09. The average molecular weight is 289 g/mol. The lowest BCUT2D eigenvalue weighted by molar-refractivity contribution is 0.414. The normalized spacial score (nSPS) is 12.3. The molecule has 0 aliphatic carbocycles. The average Bonchev–Trinajstić information content (AvgIpc) is 2.90. The Balaban J connectivity index is 2.10. The topological polar surface area (TPSA) is 21.3 Å². The number of rotatable bonds is 7. The minimum absolute atomic E-state index is 0.397. The SMILES string of the molecule is CCCNC(Cc1ccc(OC)cc1)c1csc(C)c1. The summed E-state index contributed by atoms with van der Waals surface area (Å²) in [6, 6.07) is 11.1. The highest BCUT2D eigenvalue weighted by Gasteiger charge is 2.13. The van der Waals surface area contributed by atoms with Crippen molar-refractivity contribution in [2.75, 3.05) is 13.7 Å². The number of thiophene rings is 1. The molecule has 0 aliphatic heterocycles. The summed E-state index contributed by atoms with van der Waals surface area (Å²) >= 11 is 1.82. The molecule has 0 bridgehead atoms. The number of hydrogen-bond donors (Lipinski definition) is 1. The molecule has 0 fully saturated rings. The molecular formula is C17H23NOS. The van der Waals surface area contributed by atoms with Crippen LogP contribution in [0, 0.1) is 6.92 Å². The van der Waals surface area contributed by atoms with Gasteiger partial charge in [0.25, 0.3) is 0 Å². The van der Waals surface area contributed by atoms with E-state index < -0.39 is 0 Å². The zero-order valence-electron chi connectivity index (χ0n) is 12.5. The molecule has 2 rings (SSSR count). The smallest absolute Gasteiger partial charge is 0.118 e. The van der Waals surface area contributed by atoms with Crippen molar-refractivity contribution in [2.45, 2.75) is 32.7 Å². The number of methoxy groups -OCH3 is 1. The van der Waals surface area contributed by atoms with Gasteiger partial charge in [0.2, 0.25) is 0 Å². The molecule has 1 unspecified atom stereocenters. The van der Waals surface area contributed by atoms with Crippen LogP contribution < -0.4 is 10.1 Å². The van der Waals surface area contributed by atoms with Crippen molar-refractivity contribution in [1.29, 1.82) is 0 Å². The number of ether oxygens (including phenoxy) is 1. The molecular weight excluding hydrogens is 266 g/mol. The van der Waals surface area contributed by atoms with E-state index in [2.05, 4.69) is 42.7 Å². The molecule has 0 spiro atoms. The van der Waals surface area contributed by atoms with Crippen LogP contribution in [0.1, 0.15) is 35.4 Å². The Hall–Kier alpha value is -1.32. The molecule has 0 radical (unpaired) electrons. The molecule has 1 aromatic heterocycles. The van der Waals surface area contributed by atoms with E-state index in [4.69, 9.17) is 4.74 Å². The van der Waals surface area contributed by atoms with Crippen LogP contribution >= 0.6 is 11.3 Å². The largest absolute Gasteiger partial charge is 0.497 e. The summed E-state index contributed by atoms with van der Waals surface area (Å²) < 4.78 is 5.21. The summed E-state index contributed by atoms with van der Waals surface area (Å²) in [5.41, 5.74) is 2.74. The summed E-state index contributed by atoms with van der Waals surface area (Å²) in [6.07, 6.45) is 2.17. The highest BCUT2D eigenvalue weighted by atomic mass is 32.1. The van der Waals surface area contributed by atoms with Crippen molar-refractivity contribution < 1.29 is 4.74 Å². The fourth-order valence-electron chi connectivity index (χ4n) is 2.27. The minimum atomic E-state index is 0.397. The zero-order valence-corrected chi connectivity index (χ0v) is 13.3. The summed E-state index contributed by atoms with van der Waals surface area (Å²) in [7, 11) is 1.70. The van der Waals surface area contributed by atoms with Gasteiger partial charge < -0.3 is 10.1 Å². The Morgan fingerprint density at radius 2 is 2.00 bits per heavy atom. The number of hydrogen-bond acceptors (Lipinski definition) is 3. The molecule has 1 heterocycles. The first-order valence-corrected chi connectivity index (χ1v) is 8.02. The van der Waals surface area contributed by atoms with Crippen LogP contribution in [0.5, 0.6) is 5.75 Å². The fraction of sp³-hybridized carbons (Fsp3) is 0.412. The van der Waals surface area contributed by atoms with Gasteiger partial charge in [-0.25, -0.2) is 0 Å². The van der Waals surface area contributed by atoms with Gasteiger partial charge in [-0.1, -0.05) is 19.1 Å². The lowest BCUT2D eigenvalue weighted by Crippen LogP contribution is -2.23. The van der Waals surface area contributed by atoms with Crippen LogP contribution in [0.3, 0.4) is 0 Å². The maximum Gasteiger partial charge on any atom is 0.118 e. The van der Waals surface area contributed by atoms with Crippen molar-refractivity contribution >= 4 is 11.3 Å². The molecule has 2 nitrogen and oxygen atoms in total. The second-order valence-electron chi connectivity index (χ2n) is 5.05. The van der Waals surface area contributed by atoms with E-state index in [0.29, 0.717) is 6.04 Å². The van der Waals surface area contributed by atoms with Crippen molar-refractivity contribution in [2.24, 2.45) is 0 Å². The Labute approximate surface area is 125 Å². The first-order valence-electron chi connectivity index (χ1n) is 7.14. The predicted molar refractivity (Wildman–Crippen MR) is 86.8 cm³/mol. The summed E-state index contributed by atoms with van der Waals surface area (Å²) in [4.78, 5) is 1.37. The van der Waals surface area contributed by atoms with E-state index in [9.17, 15) is 0 Å². The number of benzene rings is 1. The Kier molecular flexibility index (Phi) is 5.62. The molecule has 0 aliphatic rings. The molecule has 0 saturated carbocycles. The van der Waals surface area contributed by atoms with Gasteiger partial charge in [-0.15, -0.1) is 11.3 Å². The van der Waals surface area contributed by atoms with Gasteiger partial charge in [-0.2, -0.15) is 0 Å². The Bertz CT molecular complexity index is 518. The monoisotopic (exact) mass is 289 g/mol. The molecule has 0 amide bonds. The molecule has 1 N–H and O–H groups in total. The van der Waals surface area contributed by atoms with Crippen molar-refractivity contribution in [3.63, 3.8) is 0 Å². The van der Waals surface area contributed by atoms with E-state index in [1.165, 1.54) is 16.0 Å². The quantitative estimate of drug-likeness (QED) is 0.818. The van der Waals surface area contributed by atoms with Crippen molar-refractivity contribution in [1.82, 2.24) is 5.32 Å². The lowest BCUT2D eigenvalue weighted by atomic mass is 10.0. The van der Waals surface area contributed by atoms with Crippen LogP contribution in [0.25, 0.3) is 0 Å². The number of nitrogens with one attached hydrogen (secondary N) is 1. The first-order chi connectivity index (χ1) is 9.72. The van der Waals surface area contributed by atoms with E-state index >= 15 is 0 Å². The number of aryl methyl sites for hydroxylation is 1. The third-order valence-electron chi connectivity index (χ3n) is 3.39. The molecule has 3 heteroatoms. The van der Waals surface area contributed by atoms with E-state index in [-0.39, 0.29) is 0 Å². The van der Waals surface area contributed by atoms with Crippen molar-refractivity contribution in [3.8, 4) is 5.75 Å². The highest BCUT2D eigenvalue weighted by molar-refractivity contribution is 7.10. The lowest BCUT2D eigenvalue weighted by Gasteiger charge is -2.18.